The number of amides is 2. The van der Waals surface area contributed by atoms with Crippen LogP contribution >= 0.6 is 21.6 Å². The van der Waals surface area contributed by atoms with E-state index in [1.165, 1.54) is 0 Å². The van der Waals surface area contributed by atoms with Gasteiger partial charge in [0.25, 0.3) is 0 Å². The van der Waals surface area contributed by atoms with E-state index in [0.717, 1.165) is 33.8 Å². The van der Waals surface area contributed by atoms with Crippen molar-refractivity contribution in [3.05, 3.63) is 119 Å². The van der Waals surface area contributed by atoms with Crippen molar-refractivity contribution in [2.75, 3.05) is 24.6 Å². The minimum atomic E-state index is -0.511. The fourth-order valence-corrected chi connectivity index (χ4v) is 9.54. The normalized spacial score (nSPS) is 13.8. The number of hydrogen-bond acceptors (Lipinski definition) is 8. The molecule has 55 heavy (non-hydrogen) atoms. The Bertz CT molecular complexity index is 1740. The number of carbonyl (C=O) groups is 2. The smallest absolute Gasteiger partial charge is 0.222 e. The van der Waals surface area contributed by atoms with Crippen molar-refractivity contribution in [2.45, 2.75) is 72.1 Å². The lowest BCUT2D eigenvalue weighted by molar-refractivity contribution is -0.126. The Kier molecular flexibility index (Phi) is 15.0. The molecule has 0 radical (unpaired) electrons. The molecule has 10 heteroatoms. The van der Waals surface area contributed by atoms with Crippen LogP contribution in [0.15, 0.2) is 97.1 Å². The second kappa shape index (κ2) is 19.0. The van der Waals surface area contributed by atoms with E-state index in [0.29, 0.717) is 25.9 Å². The lowest BCUT2D eigenvalue weighted by atomic mass is 9.57. The summed E-state index contributed by atoms with van der Waals surface area (Å²) in [6.45, 7) is 15.8. The third kappa shape index (κ3) is 10.7. The Morgan fingerprint density at radius 2 is 0.873 bits per heavy atom. The van der Waals surface area contributed by atoms with E-state index in [4.69, 9.17) is 0 Å². The molecule has 6 N–H and O–H groups in total. The third-order valence-corrected chi connectivity index (χ3v) is 14.0. The van der Waals surface area contributed by atoms with E-state index in [1.807, 2.05) is 62.4 Å². The van der Waals surface area contributed by atoms with Gasteiger partial charge in [0.1, 0.15) is 23.0 Å². The van der Waals surface area contributed by atoms with Gasteiger partial charge in [-0.15, -0.1) is 0 Å². The van der Waals surface area contributed by atoms with Gasteiger partial charge in [-0.3, -0.25) is 9.59 Å². The average molecular weight is 787 g/mol. The van der Waals surface area contributed by atoms with Crippen molar-refractivity contribution in [1.29, 1.82) is 0 Å². The Balaban J connectivity index is 1.21. The lowest BCUT2D eigenvalue weighted by Crippen LogP contribution is -2.43. The molecule has 4 rings (SSSR count). The summed E-state index contributed by atoms with van der Waals surface area (Å²) < 4.78 is 0. The van der Waals surface area contributed by atoms with Gasteiger partial charge in [-0.25, -0.2) is 0 Å². The molecule has 3 atom stereocenters. The number of carbonyl (C=O) groups excluding carboxylic acids is 2. The SMILES string of the molecule is CC(CC(C)C(C)(c1ccc(O)cc1)c1ccc(O)cc1)C(=O)NCCSSCCNC(=O)C(C)CC(C)(C)C(C)(c1ccc(O)cc1)c1ccc(O)cc1. The molecule has 0 saturated heterocycles. The van der Waals surface area contributed by atoms with Crippen LogP contribution in [0.25, 0.3) is 0 Å². The zero-order chi connectivity index (χ0) is 40.4. The highest BCUT2D eigenvalue weighted by atomic mass is 33.1. The zero-order valence-electron chi connectivity index (χ0n) is 33.1. The highest BCUT2D eigenvalue weighted by Crippen LogP contribution is 2.51. The maximum Gasteiger partial charge on any atom is 0.222 e. The van der Waals surface area contributed by atoms with E-state index < -0.39 is 10.8 Å². The van der Waals surface area contributed by atoms with Gasteiger partial charge < -0.3 is 31.1 Å². The van der Waals surface area contributed by atoms with Gasteiger partial charge in [0.2, 0.25) is 11.8 Å². The largest absolute Gasteiger partial charge is 0.508 e. The molecule has 0 aliphatic rings. The highest BCUT2D eigenvalue weighted by Gasteiger charge is 2.45. The molecule has 0 bridgehead atoms. The van der Waals surface area contributed by atoms with Gasteiger partial charge >= 0.3 is 0 Å². The van der Waals surface area contributed by atoms with Gasteiger partial charge in [-0.05, 0) is 95.0 Å². The molecular formula is C45H58N2O6S2. The van der Waals surface area contributed by atoms with Crippen LogP contribution in [0.2, 0.25) is 0 Å². The second-order valence-electron chi connectivity index (χ2n) is 15.8. The van der Waals surface area contributed by atoms with E-state index in [1.54, 1.807) is 70.1 Å². The van der Waals surface area contributed by atoms with Crippen molar-refractivity contribution in [2.24, 2.45) is 23.2 Å². The fourth-order valence-electron chi connectivity index (χ4n) is 7.72. The van der Waals surface area contributed by atoms with E-state index in [2.05, 4.69) is 45.3 Å². The van der Waals surface area contributed by atoms with Gasteiger partial charge in [-0.2, -0.15) is 0 Å². The van der Waals surface area contributed by atoms with Crippen LogP contribution in [0.3, 0.4) is 0 Å². The molecule has 4 aromatic rings. The molecule has 0 spiro atoms. The average Bonchev–Trinajstić information content (AvgIpc) is 3.15. The van der Waals surface area contributed by atoms with E-state index in [9.17, 15) is 30.0 Å². The molecule has 0 aromatic heterocycles. The minimum absolute atomic E-state index is 0.000150. The Labute approximate surface area is 335 Å². The van der Waals surface area contributed by atoms with Gasteiger partial charge in [0.15, 0.2) is 0 Å². The van der Waals surface area contributed by atoms with Crippen molar-refractivity contribution in [3.63, 3.8) is 0 Å². The molecule has 296 valence electrons. The summed E-state index contributed by atoms with van der Waals surface area (Å²) in [4.78, 5) is 26.4. The molecule has 2 amide bonds. The molecule has 0 heterocycles. The van der Waals surface area contributed by atoms with Crippen LogP contribution in [0.5, 0.6) is 23.0 Å². The summed E-state index contributed by atoms with van der Waals surface area (Å²) in [7, 11) is 3.33. The molecule has 0 aliphatic heterocycles. The van der Waals surface area contributed by atoms with E-state index >= 15 is 0 Å². The first kappa shape index (κ1) is 43.4. The summed E-state index contributed by atoms with van der Waals surface area (Å²) in [5, 5.41) is 45.9. The first-order chi connectivity index (χ1) is 26.0. The standard InChI is InChI=1S/C45H58N2O6S2/c1-30(28-32(3)44(6,33-8-16-37(48)17-9-33)34-10-18-38(49)19-11-34)41(52)46-24-26-54-55-27-25-47-42(53)31(2)29-43(4,5)45(7,35-12-20-39(50)21-13-35)36-14-22-40(51)23-15-36/h8-23,30-32,48-51H,24-29H2,1-7H3,(H,46,52)(H,47,53). The number of nitrogens with one attached hydrogen (secondary N) is 2. The number of phenolic OH excluding ortho intramolecular Hbond substituents is 4. The second-order valence-corrected chi connectivity index (χ2v) is 18.5. The summed E-state index contributed by atoms with van der Waals surface area (Å²) in [6, 6.07) is 28.8. The molecular weight excluding hydrogens is 729 g/mol. The maximum absolute atomic E-state index is 13.2. The summed E-state index contributed by atoms with van der Waals surface area (Å²) in [5.74, 6) is 1.86. The van der Waals surface area contributed by atoms with Crippen molar-refractivity contribution in [3.8, 4) is 23.0 Å². The van der Waals surface area contributed by atoms with Crippen LogP contribution in [0, 0.1) is 23.2 Å². The van der Waals surface area contributed by atoms with Crippen molar-refractivity contribution >= 4 is 33.4 Å². The molecule has 3 unspecified atom stereocenters. The van der Waals surface area contributed by atoms with Crippen molar-refractivity contribution < 1.29 is 30.0 Å². The predicted molar refractivity (Wildman–Crippen MR) is 227 cm³/mol. The maximum atomic E-state index is 13.2. The van der Waals surface area contributed by atoms with Gasteiger partial charge in [-0.1, -0.05) is 119 Å². The van der Waals surface area contributed by atoms with Crippen LogP contribution < -0.4 is 10.6 Å². The molecule has 0 fully saturated rings. The number of hydrogen-bond donors (Lipinski definition) is 6. The van der Waals surface area contributed by atoms with Gasteiger partial charge in [0.05, 0.1) is 0 Å². The van der Waals surface area contributed by atoms with Crippen molar-refractivity contribution in [1.82, 2.24) is 10.6 Å². The fraction of sp³-hybridized carbons (Fsp3) is 0.422. The first-order valence-electron chi connectivity index (χ1n) is 19.0. The minimum Gasteiger partial charge on any atom is -0.508 e. The lowest BCUT2D eigenvalue weighted by Gasteiger charge is -2.46. The Hall–Kier alpha value is -4.28. The van der Waals surface area contributed by atoms with Crippen LogP contribution in [0.4, 0.5) is 0 Å². The molecule has 8 nitrogen and oxygen atoms in total. The van der Waals surface area contributed by atoms with E-state index in [-0.39, 0.29) is 58.0 Å². The first-order valence-corrected chi connectivity index (χ1v) is 21.5. The molecule has 0 saturated carbocycles. The molecule has 0 aliphatic carbocycles. The topological polar surface area (TPSA) is 139 Å². The van der Waals surface area contributed by atoms with Gasteiger partial charge in [0, 0.05) is 47.3 Å². The summed E-state index contributed by atoms with van der Waals surface area (Å²) >= 11 is 0. The summed E-state index contributed by atoms with van der Waals surface area (Å²) in [6.07, 6.45) is 1.26. The number of benzene rings is 4. The zero-order valence-corrected chi connectivity index (χ0v) is 34.8. The Morgan fingerprint density at radius 1 is 0.545 bits per heavy atom. The third-order valence-electron chi connectivity index (χ3n) is 11.6. The predicted octanol–water partition coefficient (Wildman–Crippen LogP) is 9.15. The van der Waals surface area contributed by atoms with Crippen LogP contribution in [-0.2, 0) is 20.4 Å². The number of aromatic hydroxyl groups is 4. The Morgan fingerprint density at radius 3 is 1.24 bits per heavy atom. The highest BCUT2D eigenvalue weighted by molar-refractivity contribution is 8.76. The molecule has 4 aromatic carbocycles. The van der Waals surface area contributed by atoms with Crippen LogP contribution in [-0.4, -0.2) is 56.8 Å². The quantitative estimate of drug-likeness (QED) is 0.0409. The monoisotopic (exact) mass is 786 g/mol. The number of rotatable bonds is 19. The summed E-state index contributed by atoms with van der Waals surface area (Å²) in [5.41, 5.74) is 2.75. The number of phenols is 4. The van der Waals surface area contributed by atoms with Crippen LogP contribution in [0.1, 0.15) is 83.6 Å².